The van der Waals surface area contributed by atoms with E-state index in [1.54, 1.807) is 6.92 Å². The molecule has 1 aliphatic rings. The third-order valence-corrected chi connectivity index (χ3v) is 4.45. The number of hydrogen-bond acceptors (Lipinski definition) is 4. The van der Waals surface area contributed by atoms with E-state index in [1.165, 1.54) is 7.11 Å². The molecule has 2 atom stereocenters. The predicted molar refractivity (Wildman–Crippen MR) is 56.2 cm³/mol. The van der Waals surface area contributed by atoms with Crippen molar-refractivity contribution < 1.29 is 17.9 Å². The molecule has 0 aliphatic carbocycles. The van der Waals surface area contributed by atoms with Crippen molar-refractivity contribution in [3.8, 4) is 0 Å². The molecule has 1 amide bonds. The van der Waals surface area contributed by atoms with Gasteiger partial charge < -0.3 is 10.1 Å². The molecule has 5 nitrogen and oxygen atoms in total. The number of nitrogens with one attached hydrogen (secondary N) is 1. The van der Waals surface area contributed by atoms with E-state index in [9.17, 15) is 13.2 Å². The average molecular weight is 235 g/mol. The first kappa shape index (κ1) is 12.4. The van der Waals surface area contributed by atoms with Gasteiger partial charge in [0, 0.05) is 13.7 Å². The van der Waals surface area contributed by atoms with E-state index in [0.29, 0.717) is 13.0 Å². The van der Waals surface area contributed by atoms with Crippen molar-refractivity contribution in [2.75, 3.05) is 25.2 Å². The zero-order valence-corrected chi connectivity index (χ0v) is 9.84. The zero-order valence-electron chi connectivity index (χ0n) is 9.02. The molecule has 0 aromatic rings. The Morgan fingerprint density at radius 3 is 2.73 bits per heavy atom. The van der Waals surface area contributed by atoms with Gasteiger partial charge in [-0.15, -0.1) is 0 Å². The van der Waals surface area contributed by atoms with Crippen LogP contribution in [0.25, 0.3) is 0 Å². The van der Waals surface area contributed by atoms with Crippen LogP contribution >= 0.6 is 0 Å². The third-order valence-electron chi connectivity index (χ3n) is 2.61. The van der Waals surface area contributed by atoms with Gasteiger partial charge in [-0.2, -0.15) is 0 Å². The van der Waals surface area contributed by atoms with Gasteiger partial charge in [-0.3, -0.25) is 4.79 Å². The fourth-order valence-corrected chi connectivity index (χ4v) is 3.39. The molecule has 1 heterocycles. The van der Waals surface area contributed by atoms with Crippen molar-refractivity contribution in [2.24, 2.45) is 5.92 Å². The van der Waals surface area contributed by atoms with E-state index >= 15 is 0 Å². The summed E-state index contributed by atoms with van der Waals surface area (Å²) in [4.78, 5) is 11.3. The number of hydrogen-bond donors (Lipinski definition) is 1. The van der Waals surface area contributed by atoms with E-state index in [2.05, 4.69) is 5.32 Å². The molecule has 0 aromatic carbocycles. The van der Waals surface area contributed by atoms with Gasteiger partial charge in [0.15, 0.2) is 9.84 Å². The van der Waals surface area contributed by atoms with Crippen molar-refractivity contribution in [1.82, 2.24) is 5.32 Å². The SMILES string of the molecule is COC(C)C(=O)NCC1CCS(=O)(=O)C1. The van der Waals surface area contributed by atoms with Gasteiger partial charge in [0.05, 0.1) is 11.5 Å². The van der Waals surface area contributed by atoms with Crippen LogP contribution in [0.2, 0.25) is 0 Å². The van der Waals surface area contributed by atoms with Crippen molar-refractivity contribution >= 4 is 15.7 Å². The van der Waals surface area contributed by atoms with Gasteiger partial charge in [0.2, 0.25) is 5.91 Å². The number of sulfone groups is 1. The lowest BCUT2D eigenvalue weighted by Crippen LogP contribution is -2.37. The van der Waals surface area contributed by atoms with Crippen molar-refractivity contribution in [1.29, 1.82) is 0 Å². The summed E-state index contributed by atoms with van der Waals surface area (Å²) in [6, 6.07) is 0. The molecule has 0 aromatic heterocycles. The first-order valence-electron chi connectivity index (χ1n) is 4.95. The van der Waals surface area contributed by atoms with Crippen LogP contribution in [0.4, 0.5) is 0 Å². The molecule has 1 aliphatic heterocycles. The standard InChI is InChI=1S/C9H17NO4S/c1-7(14-2)9(11)10-5-8-3-4-15(12,13)6-8/h7-8H,3-6H2,1-2H3,(H,10,11). The highest BCUT2D eigenvalue weighted by Crippen LogP contribution is 2.17. The highest BCUT2D eigenvalue weighted by atomic mass is 32.2. The van der Waals surface area contributed by atoms with Crippen LogP contribution in [0.1, 0.15) is 13.3 Å². The first-order valence-corrected chi connectivity index (χ1v) is 6.77. The van der Waals surface area contributed by atoms with Gasteiger partial charge in [-0.25, -0.2) is 8.42 Å². The molecule has 0 radical (unpaired) electrons. The molecule has 1 fully saturated rings. The quantitative estimate of drug-likeness (QED) is 0.718. The van der Waals surface area contributed by atoms with E-state index in [4.69, 9.17) is 4.74 Å². The summed E-state index contributed by atoms with van der Waals surface area (Å²) >= 11 is 0. The molecule has 6 heteroatoms. The second-order valence-corrected chi connectivity index (χ2v) is 6.12. The molecular formula is C9H17NO4S. The van der Waals surface area contributed by atoms with E-state index in [-0.39, 0.29) is 23.3 Å². The highest BCUT2D eigenvalue weighted by molar-refractivity contribution is 7.91. The van der Waals surface area contributed by atoms with E-state index < -0.39 is 15.9 Å². The Labute approximate surface area is 90.1 Å². The van der Waals surface area contributed by atoms with Gasteiger partial charge in [0.1, 0.15) is 6.10 Å². The van der Waals surface area contributed by atoms with Crippen molar-refractivity contribution in [3.05, 3.63) is 0 Å². The number of carbonyl (C=O) groups excluding carboxylic acids is 1. The number of amides is 1. The summed E-state index contributed by atoms with van der Waals surface area (Å²) in [5.41, 5.74) is 0. The average Bonchev–Trinajstić information content (AvgIpc) is 2.53. The Morgan fingerprint density at radius 1 is 1.60 bits per heavy atom. The lowest BCUT2D eigenvalue weighted by atomic mass is 10.1. The number of rotatable bonds is 4. The monoisotopic (exact) mass is 235 g/mol. The van der Waals surface area contributed by atoms with Gasteiger partial charge >= 0.3 is 0 Å². The van der Waals surface area contributed by atoms with Gasteiger partial charge in [0.25, 0.3) is 0 Å². The Hall–Kier alpha value is -0.620. The molecule has 0 saturated carbocycles. The van der Waals surface area contributed by atoms with Gasteiger partial charge in [-0.1, -0.05) is 0 Å². The minimum absolute atomic E-state index is 0.0583. The van der Waals surface area contributed by atoms with Gasteiger partial charge in [-0.05, 0) is 19.3 Å². The van der Waals surface area contributed by atoms with E-state index in [0.717, 1.165) is 0 Å². The van der Waals surface area contributed by atoms with Crippen LogP contribution in [-0.4, -0.2) is 45.6 Å². The Bertz CT molecular complexity index is 325. The maximum atomic E-state index is 11.3. The van der Waals surface area contributed by atoms with Crippen LogP contribution in [0, 0.1) is 5.92 Å². The molecule has 15 heavy (non-hydrogen) atoms. The number of carbonyl (C=O) groups is 1. The third kappa shape index (κ3) is 3.79. The van der Waals surface area contributed by atoms with Crippen molar-refractivity contribution in [2.45, 2.75) is 19.4 Å². The molecule has 1 rings (SSSR count). The maximum absolute atomic E-state index is 11.3. The largest absolute Gasteiger partial charge is 0.372 e. The normalized spacial score (nSPS) is 26.1. The lowest BCUT2D eigenvalue weighted by Gasteiger charge is -2.12. The summed E-state index contributed by atoms with van der Waals surface area (Å²) < 4.78 is 27.1. The molecular weight excluding hydrogens is 218 g/mol. The van der Waals surface area contributed by atoms with Crippen LogP contribution in [0.15, 0.2) is 0 Å². The van der Waals surface area contributed by atoms with E-state index in [1.807, 2.05) is 0 Å². The fourth-order valence-electron chi connectivity index (χ4n) is 1.53. The second-order valence-electron chi connectivity index (χ2n) is 3.89. The number of ether oxygens (including phenoxy) is 1. The fraction of sp³-hybridized carbons (Fsp3) is 0.889. The lowest BCUT2D eigenvalue weighted by molar-refractivity contribution is -0.130. The minimum Gasteiger partial charge on any atom is -0.372 e. The smallest absolute Gasteiger partial charge is 0.248 e. The Morgan fingerprint density at radius 2 is 2.27 bits per heavy atom. The van der Waals surface area contributed by atoms with Crippen LogP contribution < -0.4 is 5.32 Å². The maximum Gasteiger partial charge on any atom is 0.248 e. The molecule has 0 spiro atoms. The topological polar surface area (TPSA) is 72.5 Å². The highest BCUT2D eigenvalue weighted by Gasteiger charge is 2.28. The molecule has 88 valence electrons. The second kappa shape index (κ2) is 4.94. The van der Waals surface area contributed by atoms with Crippen LogP contribution in [0.5, 0.6) is 0 Å². The van der Waals surface area contributed by atoms with Crippen LogP contribution in [0.3, 0.4) is 0 Å². The summed E-state index contributed by atoms with van der Waals surface area (Å²) in [5, 5.41) is 2.68. The minimum atomic E-state index is -2.85. The van der Waals surface area contributed by atoms with Crippen molar-refractivity contribution in [3.63, 3.8) is 0 Å². The molecule has 2 unspecified atom stereocenters. The van der Waals surface area contributed by atoms with Crippen LogP contribution in [-0.2, 0) is 19.4 Å². The first-order chi connectivity index (χ1) is 6.94. The Balaban J connectivity index is 2.30. The summed E-state index contributed by atoms with van der Waals surface area (Å²) in [7, 11) is -1.39. The number of methoxy groups -OCH3 is 1. The molecule has 1 N–H and O–H groups in total. The predicted octanol–water partition coefficient (Wildman–Crippen LogP) is -0.428. The summed E-state index contributed by atoms with van der Waals surface area (Å²) in [6.45, 7) is 2.08. The molecule has 0 bridgehead atoms. The molecule has 1 saturated heterocycles. The summed E-state index contributed by atoms with van der Waals surface area (Å²) in [6.07, 6.45) is 0.160. The summed E-state index contributed by atoms with van der Waals surface area (Å²) in [5.74, 6) is 0.298. The Kier molecular flexibility index (Phi) is 4.10. The zero-order chi connectivity index (χ0) is 11.5.